The average molecular weight is 293 g/mol. The Morgan fingerprint density at radius 2 is 2.05 bits per heavy atom. The van der Waals surface area contributed by atoms with Crippen molar-refractivity contribution in [2.45, 2.75) is 32.7 Å². The van der Waals surface area contributed by atoms with Gasteiger partial charge in [0, 0.05) is 25.1 Å². The normalized spacial score (nSPS) is 12.0. The zero-order valence-corrected chi connectivity index (χ0v) is 12.6. The van der Waals surface area contributed by atoms with Gasteiger partial charge in [0.05, 0.1) is 11.5 Å². The standard InChI is InChI=1S/C15H23N3O3/c1-12(9-10-16)7-8-15(19)17(2)11-13-5-3-4-6-14(13)18(20)21/h3-6,12H,7-11,16H2,1-2H3. The lowest BCUT2D eigenvalue weighted by atomic mass is 10.0. The zero-order chi connectivity index (χ0) is 15.8. The molecule has 1 atom stereocenters. The first-order chi connectivity index (χ1) is 9.95. The Morgan fingerprint density at radius 3 is 2.67 bits per heavy atom. The lowest BCUT2D eigenvalue weighted by Crippen LogP contribution is -2.26. The third-order valence-electron chi connectivity index (χ3n) is 3.53. The first-order valence-corrected chi connectivity index (χ1v) is 7.12. The van der Waals surface area contributed by atoms with Gasteiger partial charge in [-0.05, 0) is 25.3 Å². The highest BCUT2D eigenvalue weighted by molar-refractivity contribution is 5.76. The quantitative estimate of drug-likeness (QED) is 0.588. The molecule has 0 aliphatic rings. The third kappa shape index (κ3) is 5.51. The van der Waals surface area contributed by atoms with E-state index in [-0.39, 0.29) is 18.1 Å². The van der Waals surface area contributed by atoms with Crippen LogP contribution in [0.5, 0.6) is 0 Å². The molecule has 0 aliphatic carbocycles. The van der Waals surface area contributed by atoms with E-state index in [2.05, 4.69) is 6.92 Å². The maximum atomic E-state index is 12.1. The maximum Gasteiger partial charge on any atom is 0.274 e. The minimum Gasteiger partial charge on any atom is -0.341 e. The summed E-state index contributed by atoms with van der Waals surface area (Å²) in [5, 5.41) is 11.0. The molecule has 0 saturated carbocycles. The van der Waals surface area contributed by atoms with Crippen LogP contribution in [0.4, 0.5) is 5.69 Å². The summed E-state index contributed by atoms with van der Waals surface area (Å²) in [6.07, 6.45) is 2.14. The van der Waals surface area contributed by atoms with Crippen LogP contribution in [0.3, 0.4) is 0 Å². The van der Waals surface area contributed by atoms with Gasteiger partial charge in [0.1, 0.15) is 0 Å². The molecule has 6 heteroatoms. The van der Waals surface area contributed by atoms with Gasteiger partial charge in [-0.15, -0.1) is 0 Å². The number of hydrogen-bond acceptors (Lipinski definition) is 4. The molecule has 0 heterocycles. The molecule has 0 fully saturated rings. The van der Waals surface area contributed by atoms with E-state index in [0.717, 1.165) is 12.8 Å². The second-order valence-corrected chi connectivity index (χ2v) is 5.36. The molecule has 0 aliphatic heterocycles. The number of rotatable bonds is 8. The fraction of sp³-hybridized carbons (Fsp3) is 0.533. The van der Waals surface area contributed by atoms with Crippen LogP contribution in [0.25, 0.3) is 0 Å². The van der Waals surface area contributed by atoms with E-state index in [4.69, 9.17) is 5.73 Å². The van der Waals surface area contributed by atoms with Gasteiger partial charge in [0.15, 0.2) is 0 Å². The lowest BCUT2D eigenvalue weighted by molar-refractivity contribution is -0.385. The Hall–Kier alpha value is -1.95. The first kappa shape index (κ1) is 17.1. The van der Waals surface area contributed by atoms with Crippen molar-refractivity contribution < 1.29 is 9.72 Å². The number of hydrogen-bond donors (Lipinski definition) is 1. The topological polar surface area (TPSA) is 89.5 Å². The fourth-order valence-corrected chi connectivity index (χ4v) is 2.16. The number of carbonyl (C=O) groups excluding carboxylic acids is 1. The third-order valence-corrected chi connectivity index (χ3v) is 3.53. The summed E-state index contributed by atoms with van der Waals surface area (Å²) in [5.74, 6) is 0.412. The van der Waals surface area contributed by atoms with Gasteiger partial charge in [-0.1, -0.05) is 25.1 Å². The van der Waals surface area contributed by atoms with E-state index in [1.807, 2.05) is 0 Å². The molecule has 6 nitrogen and oxygen atoms in total. The van der Waals surface area contributed by atoms with E-state index < -0.39 is 4.92 Å². The number of nitrogens with zero attached hydrogens (tertiary/aromatic N) is 2. The summed E-state index contributed by atoms with van der Waals surface area (Å²) in [6.45, 7) is 2.95. The van der Waals surface area contributed by atoms with E-state index in [1.165, 1.54) is 11.0 Å². The van der Waals surface area contributed by atoms with Gasteiger partial charge < -0.3 is 10.6 Å². The second kappa shape index (κ2) is 8.36. The maximum absolute atomic E-state index is 12.1. The Morgan fingerprint density at radius 1 is 1.38 bits per heavy atom. The molecular weight excluding hydrogens is 270 g/mol. The van der Waals surface area contributed by atoms with E-state index in [1.54, 1.807) is 25.2 Å². The molecule has 1 aromatic carbocycles. The van der Waals surface area contributed by atoms with Crippen molar-refractivity contribution in [1.29, 1.82) is 0 Å². The summed E-state index contributed by atoms with van der Waals surface area (Å²) in [6, 6.07) is 6.50. The van der Waals surface area contributed by atoms with E-state index >= 15 is 0 Å². The summed E-state index contributed by atoms with van der Waals surface area (Å²) in [4.78, 5) is 24.1. The SMILES string of the molecule is CC(CCN)CCC(=O)N(C)Cc1ccccc1[N+](=O)[O-]. The van der Waals surface area contributed by atoms with Crippen LogP contribution in [0.15, 0.2) is 24.3 Å². The lowest BCUT2D eigenvalue weighted by Gasteiger charge is -2.18. The van der Waals surface area contributed by atoms with Gasteiger partial charge in [-0.25, -0.2) is 0 Å². The monoisotopic (exact) mass is 293 g/mol. The zero-order valence-electron chi connectivity index (χ0n) is 12.6. The molecule has 21 heavy (non-hydrogen) atoms. The summed E-state index contributed by atoms with van der Waals surface area (Å²) >= 11 is 0. The number of nitro groups is 1. The van der Waals surface area contributed by atoms with Gasteiger partial charge in [0.2, 0.25) is 5.91 Å². The Kier molecular flexibility index (Phi) is 6.81. The molecule has 116 valence electrons. The summed E-state index contributed by atoms with van der Waals surface area (Å²) in [5.41, 5.74) is 6.08. The van der Waals surface area contributed by atoms with Gasteiger partial charge in [-0.3, -0.25) is 14.9 Å². The average Bonchev–Trinajstić information content (AvgIpc) is 2.45. The second-order valence-electron chi connectivity index (χ2n) is 5.36. The number of nitro benzene ring substituents is 1. The molecule has 0 saturated heterocycles. The summed E-state index contributed by atoms with van der Waals surface area (Å²) < 4.78 is 0. The Labute approximate surface area is 125 Å². The number of nitrogens with two attached hydrogens (primary N) is 1. The highest BCUT2D eigenvalue weighted by Gasteiger charge is 2.17. The Bertz CT molecular complexity index is 491. The van der Waals surface area contributed by atoms with Crippen LogP contribution in [0.2, 0.25) is 0 Å². The first-order valence-electron chi connectivity index (χ1n) is 7.12. The fourth-order valence-electron chi connectivity index (χ4n) is 2.16. The minimum atomic E-state index is -0.420. The molecule has 2 N–H and O–H groups in total. The molecule has 1 unspecified atom stereocenters. The van der Waals surface area contributed by atoms with E-state index in [0.29, 0.717) is 24.4 Å². The van der Waals surface area contributed by atoms with Crippen LogP contribution in [0, 0.1) is 16.0 Å². The molecule has 0 radical (unpaired) electrons. The predicted molar refractivity (Wildman–Crippen MR) is 81.6 cm³/mol. The molecule has 1 aromatic rings. The van der Waals surface area contributed by atoms with Crippen LogP contribution in [-0.4, -0.2) is 29.3 Å². The van der Waals surface area contributed by atoms with Crippen molar-refractivity contribution in [2.24, 2.45) is 11.7 Å². The number of para-hydroxylation sites is 1. The molecule has 0 bridgehead atoms. The van der Waals surface area contributed by atoms with Gasteiger partial charge >= 0.3 is 0 Å². The van der Waals surface area contributed by atoms with Crippen LogP contribution in [0.1, 0.15) is 31.7 Å². The minimum absolute atomic E-state index is 0.00276. The van der Waals surface area contributed by atoms with Crippen molar-refractivity contribution in [1.82, 2.24) is 4.90 Å². The van der Waals surface area contributed by atoms with Crippen molar-refractivity contribution in [3.05, 3.63) is 39.9 Å². The van der Waals surface area contributed by atoms with E-state index in [9.17, 15) is 14.9 Å². The number of amides is 1. The number of carbonyl (C=O) groups is 1. The van der Waals surface area contributed by atoms with Crippen molar-refractivity contribution in [2.75, 3.05) is 13.6 Å². The Balaban J connectivity index is 2.58. The van der Waals surface area contributed by atoms with Crippen LogP contribution in [-0.2, 0) is 11.3 Å². The molecule has 1 amide bonds. The summed E-state index contributed by atoms with van der Waals surface area (Å²) in [7, 11) is 1.67. The van der Waals surface area contributed by atoms with Crippen LogP contribution < -0.4 is 5.73 Å². The number of benzene rings is 1. The molecule has 0 aromatic heterocycles. The highest BCUT2D eigenvalue weighted by atomic mass is 16.6. The largest absolute Gasteiger partial charge is 0.341 e. The van der Waals surface area contributed by atoms with Crippen LogP contribution >= 0.6 is 0 Å². The van der Waals surface area contributed by atoms with Crippen molar-refractivity contribution >= 4 is 11.6 Å². The predicted octanol–water partition coefficient (Wildman–Crippen LogP) is 2.32. The molecule has 1 rings (SSSR count). The molecular formula is C15H23N3O3. The smallest absolute Gasteiger partial charge is 0.274 e. The van der Waals surface area contributed by atoms with Gasteiger partial charge in [-0.2, -0.15) is 0 Å². The van der Waals surface area contributed by atoms with Crippen molar-refractivity contribution in [3.63, 3.8) is 0 Å². The molecule has 0 spiro atoms. The van der Waals surface area contributed by atoms with Crippen molar-refractivity contribution in [3.8, 4) is 0 Å². The van der Waals surface area contributed by atoms with Gasteiger partial charge in [0.25, 0.3) is 5.69 Å². The highest BCUT2D eigenvalue weighted by Crippen LogP contribution is 2.19.